The molecule has 2 bridgehead atoms. The van der Waals surface area contributed by atoms with Crippen molar-refractivity contribution in [3.63, 3.8) is 0 Å². The molecule has 2 aliphatic rings. The van der Waals surface area contributed by atoms with Crippen LogP contribution in [0, 0.1) is 11.8 Å². The van der Waals surface area contributed by atoms with Crippen molar-refractivity contribution in [3.8, 4) is 0 Å². The van der Waals surface area contributed by atoms with E-state index in [4.69, 9.17) is 5.73 Å². The molecular weight excluding hydrogens is 236 g/mol. The van der Waals surface area contributed by atoms with Crippen LogP contribution in [0.5, 0.6) is 0 Å². The van der Waals surface area contributed by atoms with Crippen molar-refractivity contribution in [2.45, 2.75) is 31.7 Å². The minimum absolute atomic E-state index is 0.274. The van der Waals surface area contributed by atoms with Gasteiger partial charge in [0, 0.05) is 19.1 Å². The number of hydrogen-bond acceptors (Lipinski definition) is 2. The van der Waals surface area contributed by atoms with E-state index in [2.05, 4.69) is 4.90 Å². The molecule has 102 valence electrons. The Labute approximate surface area is 114 Å². The maximum absolute atomic E-state index is 12.4. The highest BCUT2D eigenvalue weighted by atomic mass is 16.2. The minimum atomic E-state index is 0.274. The average molecular weight is 258 g/mol. The molecule has 2 atom stereocenters. The van der Waals surface area contributed by atoms with Gasteiger partial charge in [0.2, 0.25) is 5.91 Å². The van der Waals surface area contributed by atoms with Crippen LogP contribution >= 0.6 is 0 Å². The summed E-state index contributed by atoms with van der Waals surface area (Å²) in [6, 6.07) is 10.4. The summed E-state index contributed by atoms with van der Waals surface area (Å²) in [6.07, 6.45) is 3.98. The largest absolute Gasteiger partial charge is 0.342 e. The van der Waals surface area contributed by atoms with Gasteiger partial charge in [-0.2, -0.15) is 0 Å². The summed E-state index contributed by atoms with van der Waals surface area (Å²) in [4.78, 5) is 14.4. The Hall–Kier alpha value is -1.35. The van der Waals surface area contributed by atoms with Gasteiger partial charge in [-0.3, -0.25) is 4.79 Å². The molecule has 2 unspecified atom stereocenters. The Bertz CT molecular complexity index is 427. The zero-order valence-electron chi connectivity index (χ0n) is 11.3. The molecule has 3 nitrogen and oxygen atoms in total. The third-order valence-corrected chi connectivity index (χ3v) is 4.45. The molecule has 0 spiro atoms. The van der Waals surface area contributed by atoms with Crippen LogP contribution in [-0.4, -0.2) is 29.9 Å². The number of nitrogens with two attached hydrogens (primary N) is 1. The van der Waals surface area contributed by atoms with Crippen LogP contribution in [0.4, 0.5) is 0 Å². The average Bonchev–Trinajstić information content (AvgIpc) is 2.38. The lowest BCUT2D eigenvalue weighted by Crippen LogP contribution is -2.50. The number of likely N-dealkylation sites (tertiary alicyclic amines) is 1. The van der Waals surface area contributed by atoms with Gasteiger partial charge in [-0.1, -0.05) is 30.3 Å². The number of piperidine rings is 1. The second kappa shape index (κ2) is 5.33. The Morgan fingerprint density at radius 2 is 1.74 bits per heavy atom. The highest BCUT2D eigenvalue weighted by Gasteiger charge is 2.35. The molecule has 2 fully saturated rings. The first-order valence-corrected chi connectivity index (χ1v) is 7.28. The second-order valence-corrected chi connectivity index (χ2v) is 6.16. The van der Waals surface area contributed by atoms with Gasteiger partial charge >= 0.3 is 0 Å². The number of benzene rings is 1. The van der Waals surface area contributed by atoms with E-state index in [1.807, 2.05) is 30.3 Å². The van der Waals surface area contributed by atoms with E-state index < -0.39 is 0 Å². The van der Waals surface area contributed by atoms with Crippen LogP contribution < -0.4 is 5.73 Å². The summed E-state index contributed by atoms with van der Waals surface area (Å²) in [5, 5.41) is 0. The summed E-state index contributed by atoms with van der Waals surface area (Å²) < 4.78 is 0. The number of carbonyl (C=O) groups excluding carboxylic acids is 1. The van der Waals surface area contributed by atoms with Gasteiger partial charge in [0.1, 0.15) is 0 Å². The highest BCUT2D eigenvalue weighted by Crippen LogP contribution is 2.34. The molecule has 3 rings (SSSR count). The summed E-state index contributed by atoms with van der Waals surface area (Å²) in [5.74, 6) is 1.53. The van der Waals surface area contributed by atoms with E-state index in [0.29, 0.717) is 24.3 Å². The molecule has 3 heteroatoms. The first-order valence-electron chi connectivity index (χ1n) is 7.28. The predicted octanol–water partition coefficient (Wildman–Crippen LogP) is 1.81. The molecule has 2 N–H and O–H groups in total. The maximum atomic E-state index is 12.4. The number of carbonyl (C=O) groups is 1. The Kier molecular flexibility index (Phi) is 3.56. The smallest absolute Gasteiger partial charge is 0.227 e. The summed E-state index contributed by atoms with van der Waals surface area (Å²) in [5.41, 5.74) is 7.18. The molecule has 1 amide bonds. The van der Waals surface area contributed by atoms with Gasteiger partial charge < -0.3 is 10.6 Å². The summed E-state index contributed by atoms with van der Waals surface area (Å²) in [7, 11) is 0. The zero-order chi connectivity index (χ0) is 13.2. The van der Waals surface area contributed by atoms with Gasteiger partial charge in [-0.05, 0) is 36.7 Å². The Morgan fingerprint density at radius 3 is 2.37 bits per heavy atom. The topological polar surface area (TPSA) is 46.3 Å². The molecule has 19 heavy (non-hydrogen) atoms. The fourth-order valence-electron chi connectivity index (χ4n) is 3.70. The quantitative estimate of drug-likeness (QED) is 0.879. The van der Waals surface area contributed by atoms with Crippen LogP contribution in [-0.2, 0) is 11.2 Å². The van der Waals surface area contributed by atoms with Crippen LogP contribution in [0.2, 0.25) is 0 Å². The lowest BCUT2D eigenvalue weighted by molar-refractivity contribution is -0.134. The molecule has 1 aromatic carbocycles. The van der Waals surface area contributed by atoms with Crippen molar-refractivity contribution in [1.82, 2.24) is 4.90 Å². The molecule has 0 radical (unpaired) electrons. The summed E-state index contributed by atoms with van der Waals surface area (Å²) >= 11 is 0. The van der Waals surface area contributed by atoms with E-state index in [1.165, 1.54) is 6.42 Å². The van der Waals surface area contributed by atoms with E-state index in [-0.39, 0.29) is 5.91 Å². The van der Waals surface area contributed by atoms with Gasteiger partial charge in [-0.15, -0.1) is 0 Å². The van der Waals surface area contributed by atoms with Crippen molar-refractivity contribution < 1.29 is 4.79 Å². The monoisotopic (exact) mass is 258 g/mol. The number of amides is 1. The molecular formula is C16H22N2O. The van der Waals surface area contributed by atoms with Crippen molar-refractivity contribution in [3.05, 3.63) is 35.9 Å². The molecule has 1 aromatic rings. The van der Waals surface area contributed by atoms with Crippen LogP contribution in [0.15, 0.2) is 30.3 Å². The summed E-state index contributed by atoms with van der Waals surface area (Å²) in [6.45, 7) is 1.83. The first kappa shape index (κ1) is 12.7. The van der Waals surface area contributed by atoms with Crippen molar-refractivity contribution in [2.24, 2.45) is 17.6 Å². The highest BCUT2D eigenvalue weighted by molar-refractivity contribution is 5.78. The third-order valence-electron chi connectivity index (χ3n) is 4.45. The van der Waals surface area contributed by atoms with Crippen LogP contribution in [0.3, 0.4) is 0 Å². The Morgan fingerprint density at radius 1 is 1.11 bits per heavy atom. The van der Waals surface area contributed by atoms with Gasteiger partial charge in [0.25, 0.3) is 0 Å². The standard InChI is InChI=1S/C16H22N2O/c17-15-7-13-6-14(8-15)11-18(10-13)16(19)9-12-4-2-1-3-5-12/h1-5,13-15H,6-11,17H2. The molecule has 1 aliphatic carbocycles. The van der Waals surface area contributed by atoms with E-state index in [9.17, 15) is 4.79 Å². The second-order valence-electron chi connectivity index (χ2n) is 6.16. The number of hydrogen-bond donors (Lipinski definition) is 1. The van der Waals surface area contributed by atoms with Crippen LogP contribution in [0.25, 0.3) is 0 Å². The predicted molar refractivity (Wildman–Crippen MR) is 75.5 cm³/mol. The normalized spacial score (nSPS) is 30.2. The molecule has 1 aliphatic heterocycles. The molecule has 0 aromatic heterocycles. The zero-order valence-corrected chi connectivity index (χ0v) is 11.3. The van der Waals surface area contributed by atoms with Gasteiger partial charge in [0.05, 0.1) is 6.42 Å². The number of rotatable bonds is 2. The number of fused-ring (bicyclic) bond motifs is 2. The first-order chi connectivity index (χ1) is 9.20. The SMILES string of the molecule is NC1CC2CC(C1)CN(C(=O)Cc1ccccc1)C2. The molecule has 1 heterocycles. The van der Waals surface area contributed by atoms with Crippen molar-refractivity contribution >= 4 is 5.91 Å². The van der Waals surface area contributed by atoms with Crippen molar-refractivity contribution in [2.75, 3.05) is 13.1 Å². The maximum Gasteiger partial charge on any atom is 0.227 e. The van der Waals surface area contributed by atoms with Crippen LogP contribution in [0.1, 0.15) is 24.8 Å². The lowest BCUT2D eigenvalue weighted by Gasteiger charge is -2.43. The lowest BCUT2D eigenvalue weighted by atomic mass is 9.75. The van der Waals surface area contributed by atoms with E-state index in [0.717, 1.165) is 31.5 Å². The third kappa shape index (κ3) is 2.98. The van der Waals surface area contributed by atoms with E-state index in [1.54, 1.807) is 0 Å². The van der Waals surface area contributed by atoms with Gasteiger partial charge in [0.15, 0.2) is 0 Å². The van der Waals surface area contributed by atoms with Gasteiger partial charge in [-0.25, -0.2) is 0 Å². The van der Waals surface area contributed by atoms with E-state index >= 15 is 0 Å². The minimum Gasteiger partial charge on any atom is -0.342 e. The molecule has 1 saturated carbocycles. The van der Waals surface area contributed by atoms with Crippen molar-refractivity contribution in [1.29, 1.82) is 0 Å². The fourth-order valence-corrected chi connectivity index (χ4v) is 3.70. The Balaban J connectivity index is 1.62. The fraction of sp³-hybridized carbons (Fsp3) is 0.562. The molecule has 1 saturated heterocycles. The number of nitrogens with zero attached hydrogens (tertiary/aromatic N) is 1.